The molecule has 1 saturated heterocycles. The van der Waals surface area contributed by atoms with E-state index in [1.165, 1.54) is 0 Å². The Balaban J connectivity index is 1.67. The molecule has 23 heavy (non-hydrogen) atoms. The van der Waals surface area contributed by atoms with E-state index in [9.17, 15) is 5.11 Å². The molecule has 1 N–H and O–H groups in total. The Morgan fingerprint density at radius 2 is 1.87 bits per heavy atom. The quantitative estimate of drug-likeness (QED) is 0.799. The first kappa shape index (κ1) is 18.3. The summed E-state index contributed by atoms with van der Waals surface area (Å²) >= 11 is 0. The fourth-order valence-corrected chi connectivity index (χ4v) is 2.52. The predicted octanol–water partition coefficient (Wildman–Crippen LogP) is 0.926. The highest BCUT2D eigenvalue weighted by Gasteiger charge is 2.21. The van der Waals surface area contributed by atoms with E-state index >= 15 is 0 Å². The molecule has 0 bridgehead atoms. The molecule has 2 heterocycles. The average Bonchev–Trinajstić information content (AvgIpc) is 2.94. The van der Waals surface area contributed by atoms with Crippen LogP contribution in [0.25, 0.3) is 0 Å². The van der Waals surface area contributed by atoms with Crippen LogP contribution in [0.15, 0.2) is 4.52 Å². The zero-order valence-electron chi connectivity index (χ0n) is 14.8. The maximum absolute atomic E-state index is 10.1. The van der Waals surface area contributed by atoms with Crippen LogP contribution < -0.4 is 0 Å². The zero-order chi connectivity index (χ0) is 16.9. The van der Waals surface area contributed by atoms with Gasteiger partial charge in [0.05, 0.1) is 24.9 Å². The number of β-amino-alcohol motifs (C(OH)–C–C–N with tert-alkyl or cyclic N) is 1. The van der Waals surface area contributed by atoms with Gasteiger partial charge in [-0.2, -0.15) is 4.98 Å². The minimum atomic E-state index is -0.440. The van der Waals surface area contributed by atoms with Crippen molar-refractivity contribution in [1.82, 2.24) is 19.9 Å². The number of aromatic nitrogens is 2. The van der Waals surface area contributed by atoms with Crippen LogP contribution in [-0.2, 0) is 17.7 Å². The fraction of sp³-hybridized carbons (Fsp3) is 0.875. The van der Waals surface area contributed by atoms with E-state index in [0.29, 0.717) is 19.0 Å². The van der Waals surface area contributed by atoms with Crippen molar-refractivity contribution in [2.24, 2.45) is 0 Å². The molecule has 132 valence electrons. The summed E-state index contributed by atoms with van der Waals surface area (Å²) < 4.78 is 10.8. The number of piperazine rings is 1. The molecule has 1 aromatic heterocycles. The summed E-state index contributed by atoms with van der Waals surface area (Å²) in [7, 11) is 0. The minimum Gasteiger partial charge on any atom is -0.389 e. The maximum atomic E-state index is 10.1. The first-order valence-corrected chi connectivity index (χ1v) is 8.44. The van der Waals surface area contributed by atoms with Crippen LogP contribution in [0.1, 0.15) is 39.4 Å². The Labute approximate surface area is 138 Å². The number of aliphatic hydroxyl groups is 1. The average molecular weight is 326 g/mol. The van der Waals surface area contributed by atoms with Gasteiger partial charge in [0.1, 0.15) is 0 Å². The highest BCUT2D eigenvalue weighted by atomic mass is 16.5. The second-order valence-electron chi connectivity index (χ2n) is 7.11. The summed E-state index contributed by atoms with van der Waals surface area (Å²) in [6.45, 7) is 13.5. The lowest BCUT2D eigenvalue weighted by molar-refractivity contribution is -0.0587. The Morgan fingerprint density at radius 3 is 2.43 bits per heavy atom. The van der Waals surface area contributed by atoms with E-state index in [1.54, 1.807) is 0 Å². The van der Waals surface area contributed by atoms with Gasteiger partial charge in [-0.15, -0.1) is 0 Å². The van der Waals surface area contributed by atoms with Crippen LogP contribution >= 0.6 is 0 Å². The van der Waals surface area contributed by atoms with Crippen molar-refractivity contribution in [2.75, 3.05) is 39.3 Å². The lowest BCUT2D eigenvalue weighted by Crippen LogP contribution is -2.49. The van der Waals surface area contributed by atoms with Crippen LogP contribution in [0, 0.1) is 0 Å². The Hall–Kier alpha value is -1.02. The lowest BCUT2D eigenvalue weighted by Gasteiger charge is -2.35. The predicted molar refractivity (Wildman–Crippen MR) is 87.1 cm³/mol. The van der Waals surface area contributed by atoms with Gasteiger partial charge in [-0.1, -0.05) is 12.1 Å². The zero-order valence-corrected chi connectivity index (χ0v) is 14.8. The number of nitrogens with zero attached hydrogens (tertiary/aromatic N) is 4. The largest absolute Gasteiger partial charge is 0.389 e. The Kier molecular flexibility index (Phi) is 6.52. The topological polar surface area (TPSA) is 74.9 Å². The number of hydrogen-bond acceptors (Lipinski definition) is 7. The van der Waals surface area contributed by atoms with Gasteiger partial charge in [0.15, 0.2) is 5.82 Å². The Morgan fingerprint density at radius 1 is 1.22 bits per heavy atom. The van der Waals surface area contributed by atoms with Crippen molar-refractivity contribution in [2.45, 2.75) is 52.4 Å². The number of aryl methyl sites for hydroxylation is 1. The van der Waals surface area contributed by atoms with E-state index in [-0.39, 0.29) is 5.60 Å². The first-order chi connectivity index (χ1) is 10.9. The molecule has 1 aliphatic heterocycles. The molecule has 1 fully saturated rings. The molecule has 0 aromatic carbocycles. The molecule has 0 radical (unpaired) electrons. The van der Waals surface area contributed by atoms with Gasteiger partial charge in [-0.05, 0) is 20.8 Å². The van der Waals surface area contributed by atoms with Crippen molar-refractivity contribution in [3.05, 3.63) is 11.7 Å². The highest BCUT2D eigenvalue weighted by molar-refractivity contribution is 4.87. The smallest absolute Gasteiger partial charge is 0.226 e. The normalized spacial score (nSPS) is 19.2. The molecule has 0 saturated carbocycles. The second-order valence-corrected chi connectivity index (χ2v) is 7.11. The fourth-order valence-electron chi connectivity index (χ4n) is 2.52. The molecule has 7 nitrogen and oxygen atoms in total. The van der Waals surface area contributed by atoms with Gasteiger partial charge in [0.25, 0.3) is 0 Å². The summed E-state index contributed by atoms with van der Waals surface area (Å²) in [6.07, 6.45) is 0.333. The molecule has 1 aromatic rings. The van der Waals surface area contributed by atoms with Crippen molar-refractivity contribution in [3.63, 3.8) is 0 Å². The molecule has 1 atom stereocenters. The molecular formula is C16H30N4O3. The van der Waals surface area contributed by atoms with Gasteiger partial charge in [-0.25, -0.2) is 0 Å². The molecule has 0 spiro atoms. The third kappa shape index (κ3) is 6.55. The highest BCUT2D eigenvalue weighted by Crippen LogP contribution is 2.10. The molecule has 0 amide bonds. The third-order valence-corrected chi connectivity index (χ3v) is 3.82. The summed E-state index contributed by atoms with van der Waals surface area (Å²) in [5.74, 6) is 1.45. The van der Waals surface area contributed by atoms with E-state index < -0.39 is 6.10 Å². The molecule has 2 rings (SSSR count). The Bertz CT molecular complexity index is 464. The van der Waals surface area contributed by atoms with Crippen molar-refractivity contribution in [3.8, 4) is 0 Å². The molecular weight excluding hydrogens is 296 g/mol. The van der Waals surface area contributed by atoms with Crippen LogP contribution in [-0.4, -0.2) is 76.1 Å². The van der Waals surface area contributed by atoms with E-state index in [1.807, 2.05) is 27.7 Å². The molecule has 1 unspecified atom stereocenters. The number of rotatable bonds is 7. The summed E-state index contributed by atoms with van der Waals surface area (Å²) in [5, 5.41) is 14.1. The van der Waals surface area contributed by atoms with E-state index in [0.717, 1.165) is 45.0 Å². The number of hydrogen-bond donors (Lipinski definition) is 1. The van der Waals surface area contributed by atoms with Gasteiger partial charge in [0.2, 0.25) is 5.89 Å². The van der Waals surface area contributed by atoms with Crippen LogP contribution in [0.5, 0.6) is 0 Å². The first-order valence-electron chi connectivity index (χ1n) is 8.44. The van der Waals surface area contributed by atoms with Crippen LogP contribution in [0.4, 0.5) is 0 Å². The molecule has 7 heteroatoms. The number of aliphatic hydroxyl groups excluding tert-OH is 1. The van der Waals surface area contributed by atoms with Gasteiger partial charge < -0.3 is 14.4 Å². The van der Waals surface area contributed by atoms with Crippen molar-refractivity contribution >= 4 is 0 Å². The SMILES string of the molecule is CCc1nc(CN2CCN(CC(O)COC(C)(C)C)CC2)no1. The van der Waals surface area contributed by atoms with Gasteiger partial charge in [0, 0.05) is 39.1 Å². The van der Waals surface area contributed by atoms with Gasteiger partial charge >= 0.3 is 0 Å². The van der Waals surface area contributed by atoms with Crippen LogP contribution in [0.3, 0.4) is 0 Å². The summed E-state index contributed by atoms with van der Waals surface area (Å²) in [5.41, 5.74) is -0.207. The third-order valence-electron chi connectivity index (χ3n) is 3.82. The molecule has 0 aliphatic carbocycles. The number of ether oxygens (including phenoxy) is 1. The van der Waals surface area contributed by atoms with Gasteiger partial charge in [-0.3, -0.25) is 9.80 Å². The van der Waals surface area contributed by atoms with Crippen LogP contribution in [0.2, 0.25) is 0 Å². The lowest BCUT2D eigenvalue weighted by atomic mass is 10.2. The monoisotopic (exact) mass is 326 g/mol. The minimum absolute atomic E-state index is 0.207. The van der Waals surface area contributed by atoms with Crippen molar-refractivity contribution in [1.29, 1.82) is 0 Å². The maximum Gasteiger partial charge on any atom is 0.226 e. The standard InChI is InChI=1S/C16H30N4O3/c1-5-15-17-14(18-23-15)11-20-8-6-19(7-9-20)10-13(21)12-22-16(2,3)4/h13,21H,5-12H2,1-4H3. The van der Waals surface area contributed by atoms with Crippen molar-refractivity contribution < 1.29 is 14.4 Å². The van der Waals surface area contributed by atoms with E-state index in [4.69, 9.17) is 9.26 Å². The van der Waals surface area contributed by atoms with E-state index in [2.05, 4.69) is 19.9 Å². The molecule has 1 aliphatic rings. The second kappa shape index (κ2) is 8.19. The summed E-state index contributed by atoms with van der Waals surface area (Å²) in [4.78, 5) is 8.94. The summed E-state index contributed by atoms with van der Waals surface area (Å²) in [6, 6.07) is 0.